The van der Waals surface area contributed by atoms with E-state index in [9.17, 15) is 9.18 Å². The van der Waals surface area contributed by atoms with Crippen LogP contribution in [0.2, 0.25) is 10.0 Å². The number of aromatic nitrogens is 2. The van der Waals surface area contributed by atoms with Gasteiger partial charge < -0.3 is 0 Å². The summed E-state index contributed by atoms with van der Waals surface area (Å²) in [5.74, 6) is -0.986. The molecule has 1 fully saturated rings. The van der Waals surface area contributed by atoms with Crippen LogP contribution >= 0.6 is 35.1 Å². The van der Waals surface area contributed by atoms with Gasteiger partial charge in [-0.15, -0.1) is 0 Å². The Bertz CT molecular complexity index is 1100. The van der Waals surface area contributed by atoms with Gasteiger partial charge >= 0.3 is 0 Å². The highest BCUT2D eigenvalue weighted by Gasteiger charge is 2.27. The van der Waals surface area contributed by atoms with Crippen LogP contribution in [-0.4, -0.2) is 39.9 Å². The molecule has 4 rings (SSSR count). The van der Waals surface area contributed by atoms with Crippen LogP contribution in [-0.2, 0) is 6.54 Å². The fraction of sp³-hybridized carbons (Fsp3) is 0.333. The van der Waals surface area contributed by atoms with Crippen molar-refractivity contribution in [2.24, 2.45) is 0 Å². The van der Waals surface area contributed by atoms with Gasteiger partial charge in [0.15, 0.2) is 0 Å². The van der Waals surface area contributed by atoms with Crippen LogP contribution < -0.4 is 4.72 Å². The molecule has 1 amide bonds. The van der Waals surface area contributed by atoms with Crippen LogP contribution in [0, 0.1) is 12.7 Å². The topological polar surface area (TPSA) is 50.2 Å². The molecule has 3 aromatic rings. The third-order valence-corrected chi connectivity index (χ3v) is 6.17. The SMILES string of the molecule is CSNC(=O)c1cc2c(C)nn(C3CCN(Cc4cc(Cl)cc(Cl)c4)C3)c2cc1F. The largest absolute Gasteiger partial charge is 0.297 e. The Morgan fingerprint density at radius 1 is 1.27 bits per heavy atom. The molecular formula is C21H21Cl2FN4OS. The molecule has 30 heavy (non-hydrogen) atoms. The molecule has 2 heterocycles. The summed E-state index contributed by atoms with van der Waals surface area (Å²) in [6.07, 6.45) is 2.63. The molecule has 0 radical (unpaired) electrons. The van der Waals surface area contributed by atoms with Crippen LogP contribution in [0.15, 0.2) is 30.3 Å². The predicted molar refractivity (Wildman–Crippen MR) is 121 cm³/mol. The lowest BCUT2D eigenvalue weighted by Crippen LogP contribution is -2.21. The molecule has 2 aromatic carbocycles. The third-order valence-electron chi connectivity index (χ3n) is 5.34. The zero-order valence-corrected chi connectivity index (χ0v) is 18.9. The van der Waals surface area contributed by atoms with E-state index in [4.69, 9.17) is 23.2 Å². The van der Waals surface area contributed by atoms with Crippen LogP contribution in [0.25, 0.3) is 10.9 Å². The van der Waals surface area contributed by atoms with Gasteiger partial charge in [-0.25, -0.2) is 4.39 Å². The van der Waals surface area contributed by atoms with Gasteiger partial charge in [-0.1, -0.05) is 35.1 Å². The van der Waals surface area contributed by atoms with Crippen LogP contribution in [0.3, 0.4) is 0 Å². The molecule has 0 saturated carbocycles. The van der Waals surface area contributed by atoms with Gasteiger partial charge in [0, 0.05) is 47.4 Å². The lowest BCUT2D eigenvalue weighted by Gasteiger charge is -2.17. The first-order valence-electron chi connectivity index (χ1n) is 9.54. The van der Waals surface area contributed by atoms with E-state index in [1.807, 2.05) is 23.7 Å². The number of halogens is 3. The number of likely N-dealkylation sites (tertiary alicyclic amines) is 1. The van der Waals surface area contributed by atoms with E-state index in [1.54, 1.807) is 18.4 Å². The number of hydrogen-bond acceptors (Lipinski definition) is 4. The predicted octanol–water partition coefficient (Wildman–Crippen LogP) is 5.25. The van der Waals surface area contributed by atoms with Crippen molar-refractivity contribution in [2.75, 3.05) is 19.3 Å². The van der Waals surface area contributed by atoms with Gasteiger partial charge in [-0.3, -0.25) is 19.1 Å². The molecule has 1 aromatic heterocycles. The minimum absolute atomic E-state index is 0.0328. The fourth-order valence-electron chi connectivity index (χ4n) is 4.03. The van der Waals surface area contributed by atoms with Crippen molar-refractivity contribution in [3.8, 4) is 0 Å². The monoisotopic (exact) mass is 466 g/mol. The highest BCUT2D eigenvalue weighted by Crippen LogP contribution is 2.30. The van der Waals surface area contributed by atoms with Crippen LogP contribution in [0.1, 0.15) is 34.1 Å². The average Bonchev–Trinajstić information content (AvgIpc) is 3.25. The maximum Gasteiger partial charge on any atom is 0.264 e. The number of benzene rings is 2. The molecule has 1 saturated heterocycles. The summed E-state index contributed by atoms with van der Waals surface area (Å²) < 4.78 is 19.1. The number of aryl methyl sites for hydroxylation is 1. The lowest BCUT2D eigenvalue weighted by atomic mass is 10.1. The molecular weight excluding hydrogens is 446 g/mol. The molecule has 0 spiro atoms. The second-order valence-electron chi connectivity index (χ2n) is 7.47. The first-order chi connectivity index (χ1) is 14.4. The molecule has 1 unspecified atom stereocenters. The Morgan fingerprint density at radius 2 is 2.00 bits per heavy atom. The summed E-state index contributed by atoms with van der Waals surface area (Å²) in [6, 6.07) is 8.70. The Balaban J connectivity index is 1.58. The summed E-state index contributed by atoms with van der Waals surface area (Å²) >= 11 is 13.4. The van der Waals surface area contributed by atoms with Crippen molar-refractivity contribution >= 4 is 52.0 Å². The summed E-state index contributed by atoms with van der Waals surface area (Å²) in [4.78, 5) is 14.4. The number of hydrogen-bond donors (Lipinski definition) is 1. The van der Waals surface area contributed by atoms with E-state index in [-0.39, 0.29) is 11.6 Å². The number of rotatable bonds is 5. The number of amides is 1. The third kappa shape index (κ3) is 4.30. The maximum absolute atomic E-state index is 14.7. The number of nitrogens with one attached hydrogen (secondary N) is 1. The summed E-state index contributed by atoms with van der Waals surface area (Å²) in [5.41, 5.74) is 2.59. The first-order valence-corrected chi connectivity index (χ1v) is 11.5. The zero-order chi connectivity index (χ0) is 21.4. The molecule has 1 N–H and O–H groups in total. The van der Waals surface area contributed by atoms with Crippen molar-refractivity contribution in [1.29, 1.82) is 0 Å². The van der Waals surface area contributed by atoms with Gasteiger partial charge in [-0.2, -0.15) is 5.10 Å². The maximum atomic E-state index is 14.7. The van der Waals surface area contributed by atoms with E-state index in [0.29, 0.717) is 15.6 Å². The molecule has 5 nitrogen and oxygen atoms in total. The van der Waals surface area contributed by atoms with E-state index < -0.39 is 11.7 Å². The Hall–Kier alpha value is -1.80. The van der Waals surface area contributed by atoms with E-state index >= 15 is 0 Å². The number of fused-ring (bicyclic) bond motifs is 1. The minimum Gasteiger partial charge on any atom is -0.297 e. The Labute approximate surface area is 188 Å². The Kier molecular flexibility index (Phi) is 6.25. The fourth-order valence-corrected chi connectivity index (χ4v) is 4.89. The number of nitrogens with zero attached hydrogens (tertiary/aromatic N) is 3. The molecule has 0 aliphatic carbocycles. The van der Waals surface area contributed by atoms with Gasteiger partial charge in [-0.05, 0) is 43.2 Å². The van der Waals surface area contributed by atoms with Crippen molar-refractivity contribution in [3.63, 3.8) is 0 Å². The minimum atomic E-state index is -0.543. The lowest BCUT2D eigenvalue weighted by molar-refractivity contribution is 0.0981. The van der Waals surface area contributed by atoms with Crippen LogP contribution in [0.4, 0.5) is 4.39 Å². The van der Waals surface area contributed by atoms with E-state index in [1.165, 1.54) is 6.07 Å². The highest BCUT2D eigenvalue weighted by atomic mass is 35.5. The second-order valence-corrected chi connectivity index (χ2v) is 8.96. The summed E-state index contributed by atoms with van der Waals surface area (Å²) in [7, 11) is 0. The molecule has 1 atom stereocenters. The summed E-state index contributed by atoms with van der Waals surface area (Å²) in [6.45, 7) is 4.30. The van der Waals surface area contributed by atoms with Crippen molar-refractivity contribution in [3.05, 3.63) is 63.0 Å². The second kappa shape index (κ2) is 8.75. The van der Waals surface area contributed by atoms with Gasteiger partial charge in [0.2, 0.25) is 0 Å². The standard InChI is InChI=1S/C21H21Cl2FN4OS/c1-12-17-8-18(21(29)26-30-2)19(24)9-20(17)28(25-12)16-3-4-27(11-16)10-13-5-14(22)7-15(23)6-13/h5-9,16H,3-4,10-11H2,1-2H3,(H,26,29). The van der Waals surface area contributed by atoms with Crippen LogP contribution in [0.5, 0.6) is 0 Å². The number of carbonyl (C=O) groups is 1. The van der Waals surface area contributed by atoms with Crippen molar-refractivity contribution in [1.82, 2.24) is 19.4 Å². The molecule has 0 bridgehead atoms. The quantitative estimate of drug-likeness (QED) is 0.521. The highest BCUT2D eigenvalue weighted by molar-refractivity contribution is 7.97. The van der Waals surface area contributed by atoms with Gasteiger partial charge in [0.05, 0.1) is 22.8 Å². The smallest absolute Gasteiger partial charge is 0.264 e. The number of carbonyl (C=O) groups excluding carboxylic acids is 1. The molecule has 1 aliphatic heterocycles. The van der Waals surface area contributed by atoms with Crippen molar-refractivity contribution in [2.45, 2.75) is 25.9 Å². The summed E-state index contributed by atoms with van der Waals surface area (Å²) in [5, 5.41) is 6.72. The molecule has 1 aliphatic rings. The van der Waals surface area contributed by atoms with Crippen molar-refractivity contribution < 1.29 is 9.18 Å². The Morgan fingerprint density at radius 3 is 2.70 bits per heavy atom. The zero-order valence-electron chi connectivity index (χ0n) is 16.6. The normalized spacial score (nSPS) is 17.0. The van der Waals surface area contributed by atoms with Gasteiger partial charge in [0.25, 0.3) is 5.91 Å². The van der Waals surface area contributed by atoms with E-state index in [2.05, 4.69) is 14.7 Å². The average molecular weight is 467 g/mol. The molecule has 158 valence electrons. The first kappa shape index (κ1) is 21.4. The van der Waals surface area contributed by atoms with Gasteiger partial charge in [0.1, 0.15) is 5.82 Å². The van der Waals surface area contributed by atoms with E-state index in [0.717, 1.165) is 54.6 Å². The molecule has 9 heteroatoms.